The maximum atomic E-state index is 13.3. The predicted octanol–water partition coefficient (Wildman–Crippen LogP) is 6.50. The third kappa shape index (κ3) is 3.69. The van der Waals surface area contributed by atoms with Gasteiger partial charge >= 0.3 is 6.18 Å². The average molecular weight is 379 g/mol. The number of rotatable bonds is 4. The highest BCUT2D eigenvalue weighted by Gasteiger charge is 2.33. The molecule has 5 heteroatoms. The normalized spacial score (nSPS) is 11.5. The van der Waals surface area contributed by atoms with Gasteiger partial charge in [0.15, 0.2) is 0 Å². The van der Waals surface area contributed by atoms with E-state index in [-0.39, 0.29) is 5.52 Å². The molecule has 0 bridgehead atoms. The highest BCUT2D eigenvalue weighted by atomic mass is 19.4. The van der Waals surface area contributed by atoms with Gasteiger partial charge < -0.3 is 4.74 Å². The summed E-state index contributed by atoms with van der Waals surface area (Å²) in [6.45, 7) is 0.416. The number of alkyl halides is 3. The number of hydrogen-bond acceptors (Lipinski definition) is 2. The molecule has 3 aromatic carbocycles. The maximum Gasteiger partial charge on any atom is 0.418 e. The molecule has 0 atom stereocenters. The van der Waals surface area contributed by atoms with Crippen LogP contribution in [0, 0.1) is 0 Å². The summed E-state index contributed by atoms with van der Waals surface area (Å²) in [7, 11) is 0. The second kappa shape index (κ2) is 7.35. The zero-order valence-electron chi connectivity index (χ0n) is 14.8. The lowest BCUT2D eigenvalue weighted by Gasteiger charge is -2.13. The molecular formula is C23H16F3NO. The van der Waals surface area contributed by atoms with Crippen LogP contribution >= 0.6 is 0 Å². The van der Waals surface area contributed by atoms with Gasteiger partial charge in [0.25, 0.3) is 0 Å². The molecule has 0 saturated carbocycles. The summed E-state index contributed by atoms with van der Waals surface area (Å²) in [6.07, 6.45) is -3.05. The first-order valence-corrected chi connectivity index (χ1v) is 8.74. The maximum absolute atomic E-state index is 13.3. The van der Waals surface area contributed by atoms with E-state index in [0.29, 0.717) is 23.3 Å². The van der Waals surface area contributed by atoms with E-state index >= 15 is 0 Å². The van der Waals surface area contributed by atoms with Crippen molar-refractivity contribution >= 4 is 10.9 Å². The van der Waals surface area contributed by atoms with Gasteiger partial charge in [-0.2, -0.15) is 13.2 Å². The molecule has 4 aromatic rings. The second-order valence-corrected chi connectivity index (χ2v) is 6.36. The van der Waals surface area contributed by atoms with Crippen LogP contribution in [0.25, 0.3) is 22.0 Å². The number of pyridine rings is 1. The summed E-state index contributed by atoms with van der Waals surface area (Å²) in [5.41, 5.74) is 1.71. The Labute approximate surface area is 160 Å². The first-order valence-electron chi connectivity index (χ1n) is 8.74. The summed E-state index contributed by atoms with van der Waals surface area (Å²) in [6, 6.07) is 22.9. The number of benzene rings is 3. The Kier molecular flexibility index (Phi) is 4.74. The monoisotopic (exact) mass is 379 g/mol. The van der Waals surface area contributed by atoms with Gasteiger partial charge in [0, 0.05) is 11.6 Å². The van der Waals surface area contributed by atoms with E-state index in [1.807, 2.05) is 54.6 Å². The van der Waals surface area contributed by atoms with Crippen molar-refractivity contribution in [2.75, 3.05) is 0 Å². The fourth-order valence-corrected chi connectivity index (χ4v) is 3.15. The van der Waals surface area contributed by atoms with Gasteiger partial charge in [0.1, 0.15) is 12.4 Å². The number of halogens is 3. The molecule has 0 spiro atoms. The number of nitrogens with zero attached hydrogens (tertiary/aromatic N) is 1. The minimum Gasteiger partial charge on any atom is -0.489 e. The summed E-state index contributed by atoms with van der Waals surface area (Å²) < 4.78 is 45.8. The first kappa shape index (κ1) is 18.0. The largest absolute Gasteiger partial charge is 0.489 e. The third-order valence-corrected chi connectivity index (χ3v) is 4.47. The zero-order valence-corrected chi connectivity index (χ0v) is 14.8. The van der Waals surface area contributed by atoms with Gasteiger partial charge in [0.2, 0.25) is 0 Å². The van der Waals surface area contributed by atoms with Crippen LogP contribution in [0.2, 0.25) is 0 Å². The molecule has 28 heavy (non-hydrogen) atoms. The molecule has 0 aliphatic rings. The Morgan fingerprint density at radius 3 is 2.39 bits per heavy atom. The van der Waals surface area contributed by atoms with Crippen LogP contribution < -0.4 is 4.74 Å². The molecule has 1 heterocycles. The van der Waals surface area contributed by atoms with Crippen molar-refractivity contribution in [3.63, 3.8) is 0 Å². The van der Waals surface area contributed by atoms with Crippen molar-refractivity contribution in [2.45, 2.75) is 12.8 Å². The summed E-state index contributed by atoms with van der Waals surface area (Å²) in [4.78, 5) is 3.98. The van der Waals surface area contributed by atoms with Crippen LogP contribution in [0.1, 0.15) is 11.1 Å². The van der Waals surface area contributed by atoms with E-state index in [1.165, 1.54) is 12.3 Å². The van der Waals surface area contributed by atoms with Crippen LogP contribution in [0.5, 0.6) is 5.75 Å². The van der Waals surface area contributed by atoms with E-state index in [1.54, 1.807) is 12.1 Å². The van der Waals surface area contributed by atoms with Crippen LogP contribution in [0.3, 0.4) is 0 Å². The van der Waals surface area contributed by atoms with Gasteiger partial charge in [-0.25, -0.2) is 0 Å². The molecule has 2 nitrogen and oxygen atoms in total. The van der Waals surface area contributed by atoms with Gasteiger partial charge in [-0.05, 0) is 41.0 Å². The van der Waals surface area contributed by atoms with Gasteiger partial charge in [-0.15, -0.1) is 0 Å². The van der Waals surface area contributed by atoms with E-state index < -0.39 is 11.7 Å². The van der Waals surface area contributed by atoms with E-state index in [9.17, 15) is 13.2 Å². The second-order valence-electron chi connectivity index (χ2n) is 6.36. The topological polar surface area (TPSA) is 22.1 Å². The van der Waals surface area contributed by atoms with Crippen molar-refractivity contribution in [2.24, 2.45) is 0 Å². The lowest BCUT2D eigenvalue weighted by Crippen LogP contribution is -2.06. The molecular weight excluding hydrogens is 363 g/mol. The minimum atomic E-state index is -4.45. The smallest absolute Gasteiger partial charge is 0.418 e. The number of fused-ring (bicyclic) bond motifs is 1. The molecule has 0 radical (unpaired) electrons. The lowest BCUT2D eigenvalue weighted by molar-refractivity contribution is -0.136. The third-order valence-electron chi connectivity index (χ3n) is 4.47. The fourth-order valence-electron chi connectivity index (χ4n) is 3.15. The van der Waals surface area contributed by atoms with Crippen molar-refractivity contribution in [1.82, 2.24) is 4.98 Å². The Bertz CT molecular complexity index is 1110. The molecule has 0 aliphatic carbocycles. The van der Waals surface area contributed by atoms with Gasteiger partial charge in [-0.1, -0.05) is 54.6 Å². The molecule has 0 saturated heterocycles. The van der Waals surface area contributed by atoms with Crippen LogP contribution in [-0.2, 0) is 12.8 Å². The highest BCUT2D eigenvalue weighted by Crippen LogP contribution is 2.37. The summed E-state index contributed by atoms with van der Waals surface area (Å²) in [5.74, 6) is 0.651. The quantitative estimate of drug-likeness (QED) is 0.404. The summed E-state index contributed by atoms with van der Waals surface area (Å²) in [5, 5.41) is 0.456. The molecule has 0 N–H and O–H groups in total. The Morgan fingerprint density at radius 1 is 0.821 bits per heavy atom. The van der Waals surface area contributed by atoms with Gasteiger partial charge in [-0.3, -0.25) is 4.98 Å². The number of hydrogen-bond donors (Lipinski definition) is 0. The van der Waals surface area contributed by atoms with Crippen molar-refractivity contribution in [1.29, 1.82) is 0 Å². The molecule has 140 valence electrons. The first-order chi connectivity index (χ1) is 13.5. The number of para-hydroxylation sites is 1. The molecule has 0 amide bonds. The van der Waals surface area contributed by atoms with Gasteiger partial charge in [0.05, 0.1) is 11.1 Å². The molecule has 1 aromatic heterocycles. The van der Waals surface area contributed by atoms with E-state index in [0.717, 1.165) is 17.2 Å². The van der Waals surface area contributed by atoms with Crippen molar-refractivity contribution in [3.05, 3.63) is 96.2 Å². The standard InChI is InChI=1S/C23H16F3NO/c24-23(25,26)21-11-5-10-20-19(12-13-27-22(20)21)17-8-4-9-18(14-17)28-15-16-6-2-1-3-7-16/h1-14H,15H2. The molecule has 0 unspecified atom stereocenters. The SMILES string of the molecule is FC(F)(F)c1cccc2c(-c3cccc(OCc4ccccc4)c3)ccnc12. The fraction of sp³-hybridized carbons (Fsp3) is 0.0870. The number of ether oxygens (including phenoxy) is 1. The number of aromatic nitrogens is 1. The van der Waals surface area contributed by atoms with E-state index in [4.69, 9.17) is 4.74 Å². The lowest BCUT2D eigenvalue weighted by atomic mass is 9.99. The average Bonchev–Trinajstić information content (AvgIpc) is 2.71. The predicted molar refractivity (Wildman–Crippen MR) is 103 cm³/mol. The summed E-state index contributed by atoms with van der Waals surface area (Å²) >= 11 is 0. The van der Waals surface area contributed by atoms with Crippen LogP contribution in [0.15, 0.2) is 85.1 Å². The van der Waals surface area contributed by atoms with Crippen LogP contribution in [-0.4, -0.2) is 4.98 Å². The van der Waals surface area contributed by atoms with Crippen molar-refractivity contribution < 1.29 is 17.9 Å². The van der Waals surface area contributed by atoms with E-state index in [2.05, 4.69) is 4.98 Å². The Hall–Kier alpha value is -3.34. The molecule has 0 fully saturated rings. The minimum absolute atomic E-state index is 0.0527. The molecule has 0 aliphatic heterocycles. The van der Waals surface area contributed by atoms with Crippen LogP contribution in [0.4, 0.5) is 13.2 Å². The highest BCUT2D eigenvalue weighted by molar-refractivity contribution is 5.96. The Morgan fingerprint density at radius 2 is 1.61 bits per heavy atom. The molecule has 4 rings (SSSR count). The zero-order chi connectivity index (χ0) is 19.6. The Balaban J connectivity index is 1.71. The van der Waals surface area contributed by atoms with Crippen molar-refractivity contribution in [3.8, 4) is 16.9 Å².